The van der Waals surface area contributed by atoms with E-state index >= 15 is 0 Å². The van der Waals surface area contributed by atoms with Gasteiger partial charge in [-0.2, -0.15) is 0 Å². The van der Waals surface area contributed by atoms with Crippen molar-refractivity contribution in [3.05, 3.63) is 106 Å². The number of thiocarbonyl (C=S) groups is 1. The first-order valence-electron chi connectivity index (χ1n) is 11.1. The molecule has 1 aliphatic rings. The minimum Gasteiger partial charge on any atom is -0.495 e. The van der Waals surface area contributed by atoms with Crippen LogP contribution in [0.15, 0.2) is 83.5 Å². The number of methoxy groups -OCH3 is 1. The number of rotatable bonds is 5. The highest BCUT2D eigenvalue weighted by Gasteiger charge is 2.43. The molecule has 2 aromatic heterocycles. The second-order valence-corrected chi connectivity index (χ2v) is 9.61. The summed E-state index contributed by atoms with van der Waals surface area (Å²) in [6.07, 6.45) is 1.83. The van der Waals surface area contributed by atoms with E-state index in [9.17, 15) is 0 Å². The molecule has 0 bridgehead atoms. The number of benzene rings is 2. The summed E-state index contributed by atoms with van der Waals surface area (Å²) in [6.45, 7) is 4.31. The van der Waals surface area contributed by atoms with E-state index < -0.39 is 0 Å². The maximum absolute atomic E-state index is 5.90. The van der Waals surface area contributed by atoms with Gasteiger partial charge >= 0.3 is 0 Å². The number of hydrogen-bond acceptors (Lipinski definition) is 3. The first-order chi connectivity index (χ1) is 16.5. The number of hydrogen-bond donors (Lipinski definition) is 1. The number of halogens is 1. The van der Waals surface area contributed by atoms with Gasteiger partial charge in [-0.15, -0.1) is 0 Å². The highest BCUT2D eigenvalue weighted by atomic mass is 79.9. The number of nitrogens with zero attached hydrogens (tertiary/aromatic N) is 3. The molecular formula is C27H25BrN4OS. The van der Waals surface area contributed by atoms with Crippen LogP contribution < -0.4 is 15.0 Å². The van der Waals surface area contributed by atoms with Gasteiger partial charge in [-0.1, -0.05) is 40.2 Å². The molecule has 172 valence electrons. The topological polar surface area (TPSA) is 42.3 Å². The summed E-state index contributed by atoms with van der Waals surface area (Å²) in [6, 6.07) is 24.4. The van der Waals surface area contributed by atoms with E-state index in [0.29, 0.717) is 5.11 Å². The molecule has 0 amide bonds. The summed E-state index contributed by atoms with van der Waals surface area (Å²) in [5, 5.41) is 4.20. The normalized spacial score (nSPS) is 17.6. The number of ether oxygens (including phenoxy) is 1. The predicted octanol–water partition coefficient (Wildman–Crippen LogP) is 6.44. The lowest BCUT2D eigenvalue weighted by Gasteiger charge is -2.29. The number of pyridine rings is 1. The molecule has 4 aromatic rings. The molecule has 0 unspecified atom stereocenters. The Balaban J connectivity index is 1.71. The highest BCUT2D eigenvalue weighted by molar-refractivity contribution is 9.10. The second-order valence-electron chi connectivity index (χ2n) is 8.31. The van der Waals surface area contributed by atoms with Gasteiger partial charge in [0.15, 0.2) is 5.11 Å². The summed E-state index contributed by atoms with van der Waals surface area (Å²) in [4.78, 5) is 6.84. The summed E-state index contributed by atoms with van der Waals surface area (Å²) in [5.41, 5.74) is 6.49. The van der Waals surface area contributed by atoms with Gasteiger partial charge in [0.2, 0.25) is 0 Å². The van der Waals surface area contributed by atoms with Crippen LogP contribution in [-0.4, -0.2) is 21.8 Å². The minimum atomic E-state index is -0.116. The zero-order valence-corrected chi connectivity index (χ0v) is 21.6. The van der Waals surface area contributed by atoms with E-state index in [-0.39, 0.29) is 12.1 Å². The van der Waals surface area contributed by atoms with Crippen LogP contribution in [-0.2, 0) is 0 Å². The van der Waals surface area contributed by atoms with Crippen molar-refractivity contribution in [3.63, 3.8) is 0 Å². The summed E-state index contributed by atoms with van der Waals surface area (Å²) < 4.78 is 9.05. The summed E-state index contributed by atoms with van der Waals surface area (Å²) in [5.74, 6) is 0.777. The Bertz CT molecular complexity index is 1350. The average molecular weight is 533 g/mol. The van der Waals surface area contributed by atoms with Crippen LogP contribution in [0.3, 0.4) is 0 Å². The Morgan fingerprint density at radius 3 is 2.53 bits per heavy atom. The van der Waals surface area contributed by atoms with Crippen LogP contribution in [0.4, 0.5) is 5.69 Å². The zero-order valence-electron chi connectivity index (χ0n) is 19.2. The first-order valence-corrected chi connectivity index (χ1v) is 12.3. The van der Waals surface area contributed by atoms with Crippen molar-refractivity contribution in [2.24, 2.45) is 0 Å². The van der Waals surface area contributed by atoms with Crippen LogP contribution in [0.25, 0.3) is 5.69 Å². The SMILES string of the molecule is COc1ccccc1N1C(=S)N[C@@H](c2ccccn2)[C@H]1c1cc(C)n(-c2cccc(Br)c2)c1C. The maximum Gasteiger partial charge on any atom is 0.174 e. The number of nitrogens with one attached hydrogen (secondary N) is 1. The fourth-order valence-corrected chi connectivity index (χ4v) is 5.58. The molecule has 7 heteroatoms. The van der Waals surface area contributed by atoms with Crippen LogP contribution in [0.2, 0.25) is 0 Å². The van der Waals surface area contributed by atoms with E-state index in [1.165, 1.54) is 5.56 Å². The molecule has 0 radical (unpaired) electrons. The molecule has 0 saturated carbocycles. The molecule has 2 atom stereocenters. The van der Waals surface area contributed by atoms with E-state index in [2.05, 4.69) is 73.8 Å². The maximum atomic E-state index is 5.90. The van der Waals surface area contributed by atoms with Crippen LogP contribution in [0.5, 0.6) is 5.75 Å². The Morgan fingerprint density at radius 1 is 1.00 bits per heavy atom. The molecule has 0 spiro atoms. The van der Waals surface area contributed by atoms with E-state index in [1.807, 2.05) is 54.7 Å². The fraction of sp³-hybridized carbons (Fsp3) is 0.185. The molecule has 2 aromatic carbocycles. The molecule has 34 heavy (non-hydrogen) atoms. The Kier molecular flexibility index (Phi) is 6.15. The van der Waals surface area contributed by atoms with Crippen LogP contribution >= 0.6 is 28.1 Å². The number of aromatic nitrogens is 2. The molecule has 0 aliphatic carbocycles. The van der Waals surface area contributed by atoms with Crippen molar-refractivity contribution in [1.82, 2.24) is 14.9 Å². The minimum absolute atomic E-state index is 0.106. The molecule has 1 N–H and O–H groups in total. The van der Waals surface area contributed by atoms with Crippen molar-refractivity contribution in [2.45, 2.75) is 25.9 Å². The standard InChI is InChI=1S/C27H25BrN4OS/c1-17-15-21(18(2)31(17)20-10-8-9-19(28)16-20)26-25(22-11-6-7-14-29-22)30-27(34)32(26)23-12-4-5-13-24(23)33-3/h4-16,25-26H,1-3H3,(H,30,34)/t25-,26+/m0/s1. The molecule has 3 heterocycles. The lowest BCUT2D eigenvalue weighted by molar-refractivity contribution is 0.414. The smallest absolute Gasteiger partial charge is 0.174 e. The quantitative estimate of drug-likeness (QED) is 0.299. The van der Waals surface area contributed by atoms with Crippen molar-refractivity contribution < 1.29 is 4.74 Å². The van der Waals surface area contributed by atoms with Gasteiger partial charge < -0.3 is 19.5 Å². The van der Waals surface area contributed by atoms with Gasteiger partial charge in [-0.05, 0) is 80.2 Å². The largest absolute Gasteiger partial charge is 0.495 e. The molecular weight excluding hydrogens is 508 g/mol. The lowest BCUT2D eigenvalue weighted by Crippen LogP contribution is -2.30. The van der Waals surface area contributed by atoms with Crippen LogP contribution in [0.1, 0.15) is 34.7 Å². The molecule has 1 fully saturated rings. The number of para-hydroxylation sites is 2. The zero-order chi connectivity index (χ0) is 23.8. The van der Waals surface area contributed by atoms with Crippen molar-refractivity contribution in [1.29, 1.82) is 0 Å². The summed E-state index contributed by atoms with van der Waals surface area (Å²) in [7, 11) is 1.69. The summed E-state index contributed by atoms with van der Waals surface area (Å²) >= 11 is 9.51. The van der Waals surface area contributed by atoms with Gasteiger partial charge in [0, 0.05) is 27.7 Å². The van der Waals surface area contributed by atoms with Crippen molar-refractivity contribution in [3.8, 4) is 11.4 Å². The third kappa shape index (κ3) is 3.89. The highest BCUT2D eigenvalue weighted by Crippen LogP contribution is 2.46. The van der Waals surface area contributed by atoms with E-state index in [1.54, 1.807) is 7.11 Å². The second kappa shape index (κ2) is 9.24. The predicted molar refractivity (Wildman–Crippen MR) is 144 cm³/mol. The monoisotopic (exact) mass is 532 g/mol. The van der Waals surface area contributed by atoms with Gasteiger partial charge in [0.1, 0.15) is 5.75 Å². The number of aryl methyl sites for hydroxylation is 1. The van der Waals surface area contributed by atoms with Gasteiger partial charge in [-0.3, -0.25) is 4.98 Å². The van der Waals surface area contributed by atoms with Gasteiger partial charge in [0.25, 0.3) is 0 Å². The average Bonchev–Trinajstić information content (AvgIpc) is 3.34. The molecule has 5 nitrogen and oxygen atoms in total. The fourth-order valence-electron chi connectivity index (χ4n) is 4.86. The Labute approximate surface area is 213 Å². The third-order valence-electron chi connectivity index (χ3n) is 6.30. The first kappa shape index (κ1) is 22.6. The Morgan fingerprint density at radius 2 is 1.79 bits per heavy atom. The number of anilines is 1. The molecule has 5 rings (SSSR count). The Hall–Kier alpha value is -3.16. The van der Waals surface area contributed by atoms with Crippen LogP contribution in [0, 0.1) is 13.8 Å². The molecule has 1 aliphatic heterocycles. The van der Waals surface area contributed by atoms with Gasteiger partial charge in [0.05, 0.1) is 30.6 Å². The third-order valence-corrected chi connectivity index (χ3v) is 7.11. The van der Waals surface area contributed by atoms with E-state index in [0.717, 1.165) is 38.7 Å². The lowest BCUT2D eigenvalue weighted by atomic mass is 9.96. The van der Waals surface area contributed by atoms with Crippen molar-refractivity contribution in [2.75, 3.05) is 12.0 Å². The van der Waals surface area contributed by atoms with E-state index in [4.69, 9.17) is 17.0 Å². The molecule has 1 saturated heterocycles. The van der Waals surface area contributed by atoms with Crippen molar-refractivity contribution >= 4 is 38.9 Å². The van der Waals surface area contributed by atoms with Gasteiger partial charge in [-0.25, -0.2) is 0 Å².